The number of aromatic nitrogens is 2. The molecule has 0 aliphatic carbocycles. The van der Waals surface area contributed by atoms with Gasteiger partial charge >= 0.3 is 0 Å². The number of hydrogen-bond donors (Lipinski definition) is 1. The second-order valence-corrected chi connectivity index (χ2v) is 14.1. The van der Waals surface area contributed by atoms with Crippen LogP contribution in [0.15, 0.2) is 200 Å². The molecule has 1 aliphatic heterocycles. The summed E-state index contributed by atoms with van der Waals surface area (Å²) in [6.07, 6.45) is -0.0369. The maximum absolute atomic E-state index is 10.2. The highest BCUT2D eigenvalue weighted by molar-refractivity contribution is 5.98. The molecular weight excluding hydrogens is 695 g/mol. The molecular formula is C52H35N5. The molecule has 5 nitrogen and oxygen atoms in total. The lowest BCUT2D eigenvalue weighted by molar-refractivity contribution is 0.828. The summed E-state index contributed by atoms with van der Waals surface area (Å²) in [4.78, 5) is 12.4. The van der Waals surface area contributed by atoms with E-state index in [1.165, 1.54) is 5.56 Å². The monoisotopic (exact) mass is 729 g/mol. The minimum Gasteiger partial charge on any atom is -0.359 e. The lowest BCUT2D eigenvalue weighted by Crippen LogP contribution is -2.23. The molecule has 1 atom stereocenters. The molecule has 0 saturated heterocycles. The fourth-order valence-electron chi connectivity index (χ4n) is 8.07. The second kappa shape index (κ2) is 14.4. The van der Waals surface area contributed by atoms with E-state index in [1.54, 1.807) is 0 Å². The minimum atomic E-state index is -0.0369. The molecule has 8 aromatic carbocycles. The quantitative estimate of drug-likeness (QED) is 0.177. The van der Waals surface area contributed by atoms with Crippen LogP contribution in [-0.4, -0.2) is 9.97 Å². The SMILES string of the molecule is N#Cc1ccccc1-c1cccc(-c2ccc(N3c4ccccc4NC3c3ccccc3)cc2)c1-c1ccc(-c2nc(-c3ccccc3)nc3ccccc23)cc1. The number of nitrogens with zero attached hydrogens (tertiary/aromatic N) is 4. The average molecular weight is 730 g/mol. The average Bonchev–Trinajstić information content (AvgIpc) is 3.69. The number of nitriles is 1. The molecule has 268 valence electrons. The standard InChI is InChI=1S/C52H35N5/c53-34-40-18-7-8-19-42(40)44-22-13-21-43(35-30-32-41(33-31-35)57-48-25-12-11-24-47(48)55-52(57)39-16-5-2-6-17-39)49(44)36-26-28-37(29-27-36)50-45-20-9-10-23-46(45)54-51(56-50)38-14-3-1-4-15-38/h1-33,52,55H. The van der Waals surface area contributed by atoms with Gasteiger partial charge in [0, 0.05) is 27.8 Å². The first-order valence-electron chi connectivity index (χ1n) is 19.1. The third-order valence-corrected chi connectivity index (χ3v) is 10.8. The third-order valence-electron chi connectivity index (χ3n) is 10.8. The van der Waals surface area contributed by atoms with E-state index >= 15 is 0 Å². The van der Waals surface area contributed by atoms with Crippen LogP contribution in [-0.2, 0) is 0 Å². The van der Waals surface area contributed by atoms with Crippen LogP contribution < -0.4 is 10.2 Å². The molecule has 1 N–H and O–H groups in total. The third kappa shape index (κ3) is 6.16. The van der Waals surface area contributed by atoms with Gasteiger partial charge in [-0.25, -0.2) is 9.97 Å². The number of rotatable bonds is 7. The van der Waals surface area contributed by atoms with Crippen LogP contribution in [0.4, 0.5) is 17.1 Å². The van der Waals surface area contributed by atoms with Crippen LogP contribution >= 0.6 is 0 Å². The van der Waals surface area contributed by atoms with Crippen molar-refractivity contribution < 1.29 is 0 Å². The highest BCUT2D eigenvalue weighted by Gasteiger charge is 2.31. The lowest BCUT2D eigenvalue weighted by atomic mass is 9.86. The number of fused-ring (bicyclic) bond motifs is 2. The summed E-state index contributed by atoms with van der Waals surface area (Å²) < 4.78 is 0. The molecule has 1 aliphatic rings. The highest BCUT2D eigenvalue weighted by Crippen LogP contribution is 2.47. The summed E-state index contributed by atoms with van der Waals surface area (Å²) >= 11 is 0. The Kier molecular flexibility index (Phi) is 8.55. The summed E-state index contributed by atoms with van der Waals surface area (Å²) in [5.74, 6) is 0.695. The minimum absolute atomic E-state index is 0.0369. The summed E-state index contributed by atoms with van der Waals surface area (Å²) in [5, 5.41) is 15.0. The maximum atomic E-state index is 10.2. The van der Waals surface area contributed by atoms with Crippen molar-refractivity contribution in [1.29, 1.82) is 5.26 Å². The summed E-state index contributed by atoms with van der Waals surface area (Å²) in [6.45, 7) is 0. The molecule has 0 radical (unpaired) electrons. The molecule has 57 heavy (non-hydrogen) atoms. The van der Waals surface area contributed by atoms with Gasteiger partial charge in [-0.3, -0.25) is 0 Å². The van der Waals surface area contributed by atoms with Crippen LogP contribution in [0.25, 0.3) is 66.9 Å². The fourth-order valence-corrected chi connectivity index (χ4v) is 8.07. The predicted octanol–water partition coefficient (Wildman–Crippen LogP) is 13.1. The number of hydrogen-bond acceptors (Lipinski definition) is 5. The van der Waals surface area contributed by atoms with E-state index in [2.05, 4.69) is 144 Å². The van der Waals surface area contributed by atoms with E-state index in [-0.39, 0.29) is 6.17 Å². The summed E-state index contributed by atoms with van der Waals surface area (Å²) in [7, 11) is 0. The van der Waals surface area contributed by atoms with Gasteiger partial charge in [0.15, 0.2) is 5.82 Å². The molecule has 10 rings (SSSR count). The van der Waals surface area contributed by atoms with Gasteiger partial charge in [-0.1, -0.05) is 164 Å². The fraction of sp³-hybridized carbons (Fsp3) is 0.0192. The Hall–Kier alpha value is -7.81. The molecule has 9 aromatic rings. The van der Waals surface area contributed by atoms with Crippen molar-refractivity contribution in [2.24, 2.45) is 0 Å². The van der Waals surface area contributed by atoms with Crippen molar-refractivity contribution in [1.82, 2.24) is 9.97 Å². The van der Waals surface area contributed by atoms with Crippen molar-refractivity contribution in [2.75, 3.05) is 10.2 Å². The molecule has 1 aromatic heterocycles. The van der Waals surface area contributed by atoms with Crippen LogP contribution in [0.3, 0.4) is 0 Å². The zero-order chi connectivity index (χ0) is 38.1. The van der Waals surface area contributed by atoms with Gasteiger partial charge in [0.25, 0.3) is 0 Å². The van der Waals surface area contributed by atoms with Gasteiger partial charge in [0.05, 0.1) is 34.2 Å². The normalized spacial score (nSPS) is 13.2. The molecule has 0 amide bonds. The Morgan fingerprint density at radius 2 is 1.12 bits per heavy atom. The molecule has 0 fully saturated rings. The molecule has 0 bridgehead atoms. The first-order chi connectivity index (χ1) is 28.2. The van der Waals surface area contributed by atoms with Crippen LogP contribution in [0.2, 0.25) is 0 Å². The van der Waals surface area contributed by atoms with Crippen LogP contribution in [0, 0.1) is 11.3 Å². The Balaban J connectivity index is 1.09. The number of nitrogens with one attached hydrogen (secondary N) is 1. The van der Waals surface area contributed by atoms with E-state index in [0.29, 0.717) is 11.4 Å². The van der Waals surface area contributed by atoms with Crippen molar-refractivity contribution in [2.45, 2.75) is 6.17 Å². The Labute approximate surface area is 331 Å². The number of anilines is 3. The lowest BCUT2D eigenvalue weighted by Gasteiger charge is -2.27. The van der Waals surface area contributed by atoms with Crippen LogP contribution in [0.1, 0.15) is 17.3 Å². The summed E-state index contributed by atoms with van der Waals surface area (Å²) in [5.41, 5.74) is 15.1. The first kappa shape index (κ1) is 33.7. The second-order valence-electron chi connectivity index (χ2n) is 14.1. The van der Waals surface area contributed by atoms with Gasteiger partial charge in [-0.2, -0.15) is 5.26 Å². The molecule has 0 saturated carbocycles. The maximum Gasteiger partial charge on any atom is 0.160 e. The number of benzene rings is 8. The molecule has 5 heteroatoms. The van der Waals surface area contributed by atoms with Gasteiger partial charge in [-0.15, -0.1) is 0 Å². The van der Waals surface area contributed by atoms with E-state index in [0.717, 1.165) is 78.2 Å². The van der Waals surface area contributed by atoms with Gasteiger partial charge in [0.2, 0.25) is 0 Å². The van der Waals surface area contributed by atoms with Crippen molar-refractivity contribution in [3.63, 3.8) is 0 Å². The summed E-state index contributed by atoms with van der Waals surface area (Å²) in [6, 6.07) is 71.5. The smallest absolute Gasteiger partial charge is 0.160 e. The van der Waals surface area contributed by atoms with Crippen molar-refractivity contribution in [3.8, 4) is 62.1 Å². The van der Waals surface area contributed by atoms with Gasteiger partial charge in [-0.05, 0) is 69.8 Å². The van der Waals surface area contributed by atoms with Crippen molar-refractivity contribution in [3.05, 3.63) is 211 Å². The zero-order valence-corrected chi connectivity index (χ0v) is 30.9. The number of para-hydroxylation sites is 3. The van der Waals surface area contributed by atoms with Gasteiger partial charge in [0.1, 0.15) is 6.17 Å². The van der Waals surface area contributed by atoms with Gasteiger partial charge < -0.3 is 10.2 Å². The zero-order valence-electron chi connectivity index (χ0n) is 30.9. The Morgan fingerprint density at radius 1 is 0.491 bits per heavy atom. The van der Waals surface area contributed by atoms with E-state index in [9.17, 15) is 5.26 Å². The topological polar surface area (TPSA) is 64.8 Å². The predicted molar refractivity (Wildman–Crippen MR) is 233 cm³/mol. The molecule has 2 heterocycles. The molecule has 0 spiro atoms. The Bertz CT molecular complexity index is 2930. The Morgan fingerprint density at radius 3 is 1.93 bits per heavy atom. The van der Waals surface area contributed by atoms with Crippen molar-refractivity contribution >= 4 is 28.0 Å². The largest absolute Gasteiger partial charge is 0.359 e. The molecule has 1 unspecified atom stereocenters. The first-order valence-corrected chi connectivity index (χ1v) is 19.1. The van der Waals surface area contributed by atoms with E-state index < -0.39 is 0 Å². The van der Waals surface area contributed by atoms with E-state index in [1.807, 2.05) is 72.8 Å². The highest BCUT2D eigenvalue weighted by atomic mass is 15.3. The van der Waals surface area contributed by atoms with Crippen LogP contribution in [0.5, 0.6) is 0 Å². The van der Waals surface area contributed by atoms with E-state index in [4.69, 9.17) is 9.97 Å².